The van der Waals surface area contributed by atoms with Gasteiger partial charge >= 0.3 is 0 Å². The molecule has 1 heterocycles. The van der Waals surface area contributed by atoms with Gasteiger partial charge in [0.05, 0.1) is 29.3 Å². The summed E-state index contributed by atoms with van der Waals surface area (Å²) in [4.78, 5) is 18.9. The summed E-state index contributed by atoms with van der Waals surface area (Å²) in [6, 6.07) is 4.41. The molecule has 25 heavy (non-hydrogen) atoms. The third-order valence-corrected chi connectivity index (χ3v) is 4.06. The van der Waals surface area contributed by atoms with Gasteiger partial charge in [-0.15, -0.1) is 0 Å². The van der Waals surface area contributed by atoms with Gasteiger partial charge < -0.3 is 26.3 Å². The Morgan fingerprint density at radius 2 is 2.00 bits per heavy atom. The number of nitrogens with one attached hydrogen (secondary N) is 4. The van der Waals surface area contributed by atoms with Crippen LogP contribution < -0.4 is 16.2 Å². The van der Waals surface area contributed by atoms with E-state index in [-0.39, 0.29) is 30.5 Å². The van der Waals surface area contributed by atoms with Gasteiger partial charge in [0.2, 0.25) is 5.95 Å². The van der Waals surface area contributed by atoms with Crippen molar-refractivity contribution in [1.29, 1.82) is 5.41 Å². The Labute approximate surface area is 153 Å². The maximum atomic E-state index is 12.2. The van der Waals surface area contributed by atoms with E-state index < -0.39 is 11.6 Å². The number of aliphatic hydroxyl groups is 2. The summed E-state index contributed by atoms with van der Waals surface area (Å²) in [6.45, 7) is -0.407. The number of aromatic nitrogens is 2. The highest BCUT2D eigenvalue weighted by atomic mass is 35.5. The van der Waals surface area contributed by atoms with Crippen LogP contribution in [0.1, 0.15) is 11.3 Å². The van der Waals surface area contributed by atoms with Crippen molar-refractivity contribution in [3.63, 3.8) is 0 Å². The second kappa shape index (κ2) is 8.82. The van der Waals surface area contributed by atoms with Crippen LogP contribution in [0.15, 0.2) is 23.0 Å². The van der Waals surface area contributed by atoms with Crippen LogP contribution in [0.25, 0.3) is 0 Å². The molecule has 0 saturated heterocycles. The van der Waals surface area contributed by atoms with Gasteiger partial charge in [0.25, 0.3) is 5.56 Å². The standard InChI is InChI=1S/C15H17Cl2N5O3/c16-10-2-1-8(3-11(10)17)5-19-15-21-12(4-18)13(14(25)22-15)20-9(6-23)7-24/h1-4,9,18,20,23-24H,5-7H2,(H2,19,21,22,25). The quantitative estimate of drug-likeness (QED) is 0.381. The van der Waals surface area contributed by atoms with Gasteiger partial charge in [-0.3, -0.25) is 9.78 Å². The van der Waals surface area contributed by atoms with Gasteiger partial charge in [0.1, 0.15) is 11.4 Å². The van der Waals surface area contributed by atoms with Crippen LogP contribution >= 0.6 is 23.2 Å². The zero-order valence-electron chi connectivity index (χ0n) is 13.0. The van der Waals surface area contributed by atoms with E-state index in [9.17, 15) is 4.79 Å². The van der Waals surface area contributed by atoms with E-state index in [1.54, 1.807) is 18.2 Å². The Hall–Kier alpha value is -2.13. The summed E-state index contributed by atoms with van der Waals surface area (Å²) >= 11 is 11.8. The molecule has 0 radical (unpaired) electrons. The number of hydrogen-bond acceptors (Lipinski definition) is 7. The van der Waals surface area contributed by atoms with Gasteiger partial charge in [-0.1, -0.05) is 29.3 Å². The zero-order chi connectivity index (χ0) is 18.4. The zero-order valence-corrected chi connectivity index (χ0v) is 14.5. The molecule has 0 aliphatic carbocycles. The Morgan fingerprint density at radius 1 is 1.28 bits per heavy atom. The fourth-order valence-electron chi connectivity index (χ4n) is 2.01. The van der Waals surface area contributed by atoms with Gasteiger partial charge in [-0.05, 0) is 17.7 Å². The monoisotopic (exact) mass is 385 g/mol. The van der Waals surface area contributed by atoms with Crippen molar-refractivity contribution in [2.24, 2.45) is 0 Å². The first-order valence-corrected chi connectivity index (χ1v) is 8.05. The summed E-state index contributed by atoms with van der Waals surface area (Å²) in [5.41, 5.74) is 0.379. The van der Waals surface area contributed by atoms with Gasteiger partial charge in [-0.2, -0.15) is 0 Å². The van der Waals surface area contributed by atoms with Crippen LogP contribution in [-0.2, 0) is 6.54 Å². The summed E-state index contributed by atoms with van der Waals surface area (Å²) in [5.74, 6) is 0.171. The number of hydrogen-bond donors (Lipinski definition) is 6. The predicted molar refractivity (Wildman–Crippen MR) is 98.1 cm³/mol. The first-order valence-electron chi connectivity index (χ1n) is 7.29. The van der Waals surface area contributed by atoms with Crippen LogP contribution in [0.5, 0.6) is 0 Å². The number of aliphatic hydroxyl groups excluding tert-OH is 2. The fraction of sp³-hybridized carbons (Fsp3) is 0.267. The average molecular weight is 386 g/mol. The molecule has 0 saturated carbocycles. The molecule has 0 amide bonds. The van der Waals surface area contributed by atoms with Crippen molar-refractivity contribution in [3.8, 4) is 0 Å². The molecule has 2 rings (SSSR count). The third-order valence-electron chi connectivity index (χ3n) is 3.32. The maximum Gasteiger partial charge on any atom is 0.276 e. The molecule has 134 valence electrons. The highest BCUT2D eigenvalue weighted by Crippen LogP contribution is 2.22. The van der Waals surface area contributed by atoms with Crippen molar-refractivity contribution >= 4 is 41.1 Å². The molecule has 1 aromatic heterocycles. The molecule has 0 bridgehead atoms. The molecule has 8 nitrogen and oxygen atoms in total. The lowest BCUT2D eigenvalue weighted by Gasteiger charge is -2.16. The number of rotatable bonds is 8. The minimum Gasteiger partial charge on any atom is -0.394 e. The molecule has 0 unspecified atom stereocenters. The predicted octanol–water partition coefficient (Wildman–Crippen LogP) is 1.45. The smallest absolute Gasteiger partial charge is 0.276 e. The Kier molecular flexibility index (Phi) is 6.77. The summed E-state index contributed by atoms with van der Waals surface area (Å²) < 4.78 is 0. The maximum absolute atomic E-state index is 12.2. The Bertz CT molecular complexity index is 808. The number of anilines is 2. The van der Waals surface area contributed by atoms with Crippen LogP contribution in [0, 0.1) is 5.41 Å². The molecule has 0 atom stereocenters. The van der Waals surface area contributed by atoms with Crippen LogP contribution in [0.2, 0.25) is 10.0 Å². The van der Waals surface area contributed by atoms with Crippen molar-refractivity contribution in [2.75, 3.05) is 23.8 Å². The van der Waals surface area contributed by atoms with E-state index >= 15 is 0 Å². The van der Waals surface area contributed by atoms with Crippen LogP contribution in [0.4, 0.5) is 11.6 Å². The van der Waals surface area contributed by atoms with E-state index in [1.807, 2.05) is 0 Å². The van der Waals surface area contributed by atoms with Crippen molar-refractivity contribution in [1.82, 2.24) is 9.97 Å². The lowest BCUT2D eigenvalue weighted by molar-refractivity contribution is 0.204. The van der Waals surface area contributed by atoms with E-state index in [4.69, 9.17) is 38.8 Å². The third kappa shape index (κ3) is 4.93. The van der Waals surface area contributed by atoms with Gasteiger partial charge in [-0.25, -0.2) is 4.98 Å². The second-order valence-electron chi connectivity index (χ2n) is 5.13. The Morgan fingerprint density at radius 3 is 2.60 bits per heavy atom. The first kappa shape index (κ1) is 19.2. The van der Waals surface area contributed by atoms with Crippen LogP contribution in [-0.4, -0.2) is 45.7 Å². The normalized spacial score (nSPS) is 10.8. The minimum atomic E-state index is -0.725. The summed E-state index contributed by atoms with van der Waals surface area (Å²) in [6.07, 6.45) is 0.910. The molecule has 0 fully saturated rings. The lowest BCUT2D eigenvalue weighted by atomic mass is 10.2. The van der Waals surface area contributed by atoms with Gasteiger partial charge in [0, 0.05) is 12.8 Å². The molecule has 0 aliphatic rings. The molecule has 6 N–H and O–H groups in total. The summed E-state index contributed by atoms with van der Waals surface area (Å²) in [5, 5.41) is 32.1. The molecule has 10 heteroatoms. The Balaban J connectivity index is 2.19. The van der Waals surface area contributed by atoms with Crippen molar-refractivity contribution < 1.29 is 10.2 Å². The average Bonchev–Trinajstić information content (AvgIpc) is 2.61. The molecule has 1 aromatic carbocycles. The number of aromatic amines is 1. The highest BCUT2D eigenvalue weighted by Gasteiger charge is 2.14. The SMILES string of the molecule is N=Cc1nc(NCc2ccc(Cl)c(Cl)c2)[nH]c(=O)c1NC(CO)CO. The van der Waals surface area contributed by atoms with Crippen LogP contribution in [0.3, 0.4) is 0 Å². The summed E-state index contributed by atoms with van der Waals surface area (Å²) in [7, 11) is 0. The van der Waals surface area contributed by atoms with Crippen molar-refractivity contribution in [3.05, 3.63) is 49.9 Å². The molecule has 0 aliphatic heterocycles. The van der Waals surface area contributed by atoms with E-state index in [1.165, 1.54) is 0 Å². The first-order chi connectivity index (χ1) is 12.0. The topological polar surface area (TPSA) is 134 Å². The highest BCUT2D eigenvalue weighted by molar-refractivity contribution is 6.42. The number of benzene rings is 1. The fourth-order valence-corrected chi connectivity index (χ4v) is 2.33. The number of H-pyrrole nitrogens is 1. The molecule has 0 spiro atoms. The van der Waals surface area contributed by atoms with E-state index in [0.29, 0.717) is 16.6 Å². The lowest BCUT2D eigenvalue weighted by Crippen LogP contribution is -2.32. The van der Waals surface area contributed by atoms with E-state index in [0.717, 1.165) is 11.8 Å². The van der Waals surface area contributed by atoms with Gasteiger partial charge in [0.15, 0.2) is 0 Å². The molecular weight excluding hydrogens is 369 g/mol. The molecular formula is C15H17Cl2N5O3. The number of nitrogens with zero attached hydrogens (tertiary/aromatic N) is 1. The minimum absolute atomic E-state index is 0.00295. The number of halogens is 2. The largest absolute Gasteiger partial charge is 0.394 e. The molecule has 2 aromatic rings. The second-order valence-corrected chi connectivity index (χ2v) is 5.94. The van der Waals surface area contributed by atoms with E-state index in [2.05, 4.69) is 20.6 Å². The van der Waals surface area contributed by atoms with Crippen molar-refractivity contribution in [2.45, 2.75) is 12.6 Å².